The van der Waals surface area contributed by atoms with E-state index in [0.29, 0.717) is 24.5 Å². The summed E-state index contributed by atoms with van der Waals surface area (Å²) in [6.45, 7) is 0.664. The summed E-state index contributed by atoms with van der Waals surface area (Å²) < 4.78 is 10.8. The van der Waals surface area contributed by atoms with Crippen LogP contribution >= 0.6 is 0 Å². The molecule has 0 atom stereocenters. The van der Waals surface area contributed by atoms with Crippen molar-refractivity contribution < 1.29 is 24.2 Å². The topological polar surface area (TPSA) is 96.9 Å². The van der Waals surface area contributed by atoms with Gasteiger partial charge in [-0.1, -0.05) is 24.3 Å². The fourth-order valence-corrected chi connectivity index (χ4v) is 2.66. The van der Waals surface area contributed by atoms with E-state index in [1.165, 1.54) is 0 Å². The number of amides is 2. The molecule has 2 aromatic rings. The van der Waals surface area contributed by atoms with Crippen molar-refractivity contribution in [2.75, 3.05) is 33.0 Å². The molecule has 0 radical (unpaired) electrons. The molecule has 2 amide bonds. The van der Waals surface area contributed by atoms with E-state index < -0.39 is 0 Å². The summed E-state index contributed by atoms with van der Waals surface area (Å²) in [6, 6.07) is 11.4. The Morgan fingerprint density at radius 2 is 1.85 bits per heavy atom. The highest BCUT2D eigenvalue weighted by Crippen LogP contribution is 2.26. The molecule has 0 aromatic heterocycles. The van der Waals surface area contributed by atoms with Gasteiger partial charge in [-0.2, -0.15) is 0 Å². The van der Waals surface area contributed by atoms with Crippen molar-refractivity contribution in [1.29, 1.82) is 0 Å². The van der Waals surface area contributed by atoms with Gasteiger partial charge in [0, 0.05) is 12.6 Å². The van der Waals surface area contributed by atoms with Crippen LogP contribution in [0.1, 0.15) is 23.2 Å². The molecule has 1 aliphatic rings. The van der Waals surface area contributed by atoms with E-state index in [9.17, 15) is 9.59 Å². The molecule has 0 unspecified atom stereocenters. The Morgan fingerprint density at radius 1 is 1.11 bits per heavy atom. The monoisotopic (exact) mass is 372 g/mol. The summed E-state index contributed by atoms with van der Waals surface area (Å²) in [5, 5.41) is 16.2. The van der Waals surface area contributed by atoms with E-state index >= 15 is 0 Å². The zero-order chi connectivity index (χ0) is 19.1. The smallest absolute Gasteiger partial charge is 0.258 e. The normalized spacial score (nSPS) is 13.4. The van der Waals surface area contributed by atoms with Gasteiger partial charge in [-0.3, -0.25) is 9.59 Å². The fraction of sp³-hybridized carbons (Fsp3) is 0.400. The fourth-order valence-electron chi connectivity index (χ4n) is 2.66. The molecule has 7 heteroatoms. The van der Waals surface area contributed by atoms with E-state index in [0.717, 1.165) is 23.6 Å². The molecule has 3 rings (SSSR count). The third-order valence-corrected chi connectivity index (χ3v) is 4.16. The molecule has 0 aliphatic heterocycles. The minimum Gasteiger partial charge on any atom is -0.483 e. The first-order valence-corrected chi connectivity index (χ1v) is 9.09. The zero-order valence-corrected chi connectivity index (χ0v) is 15.1. The number of carbonyl (C=O) groups is 2. The number of nitrogens with one attached hydrogen (secondary N) is 2. The summed E-state index contributed by atoms with van der Waals surface area (Å²) >= 11 is 0. The number of hydrogen-bond acceptors (Lipinski definition) is 5. The first-order valence-electron chi connectivity index (χ1n) is 9.09. The lowest BCUT2D eigenvalue weighted by molar-refractivity contribution is -0.123. The van der Waals surface area contributed by atoms with Gasteiger partial charge < -0.3 is 25.2 Å². The maximum Gasteiger partial charge on any atom is 0.258 e. The van der Waals surface area contributed by atoms with E-state index in [1.807, 2.05) is 24.3 Å². The predicted molar refractivity (Wildman–Crippen MR) is 101 cm³/mol. The van der Waals surface area contributed by atoms with Gasteiger partial charge in [-0.15, -0.1) is 0 Å². The molecular formula is C20H24N2O5. The second-order valence-electron chi connectivity index (χ2n) is 6.42. The van der Waals surface area contributed by atoms with Crippen LogP contribution in [0.3, 0.4) is 0 Å². The Morgan fingerprint density at radius 3 is 2.56 bits per heavy atom. The summed E-state index contributed by atoms with van der Waals surface area (Å²) in [6.07, 6.45) is 2.02. The van der Waals surface area contributed by atoms with Crippen LogP contribution in [0.4, 0.5) is 0 Å². The van der Waals surface area contributed by atoms with Crippen LogP contribution in [-0.2, 0) is 9.53 Å². The van der Waals surface area contributed by atoms with Gasteiger partial charge >= 0.3 is 0 Å². The Bertz CT molecular complexity index is 804. The predicted octanol–water partition coefficient (Wildman–Crippen LogP) is 1.24. The van der Waals surface area contributed by atoms with Crippen molar-refractivity contribution in [2.45, 2.75) is 18.9 Å². The summed E-state index contributed by atoms with van der Waals surface area (Å²) in [4.78, 5) is 24.5. The number of hydrogen-bond donors (Lipinski definition) is 3. The van der Waals surface area contributed by atoms with Gasteiger partial charge in [0.2, 0.25) is 0 Å². The molecule has 0 saturated heterocycles. The highest BCUT2D eigenvalue weighted by atomic mass is 16.5. The number of ether oxygens (including phenoxy) is 2. The molecule has 1 saturated carbocycles. The molecule has 7 nitrogen and oxygen atoms in total. The number of aliphatic hydroxyl groups excluding tert-OH is 1. The molecule has 0 bridgehead atoms. The molecule has 3 N–H and O–H groups in total. The molecular weight excluding hydrogens is 348 g/mol. The SMILES string of the molecule is O=C(COc1cc2ccccc2cc1C(=O)NCCOCCO)NC1CC1. The standard InChI is InChI=1S/C20H24N2O5/c23-8-10-26-9-7-21-20(25)17-11-14-3-1-2-4-15(14)12-18(17)27-13-19(24)22-16-5-6-16/h1-4,11-12,16,23H,5-10,13H2,(H,21,25)(H,22,24). The quantitative estimate of drug-likeness (QED) is 0.545. The number of fused-ring (bicyclic) bond motifs is 1. The first-order chi connectivity index (χ1) is 13.2. The third-order valence-electron chi connectivity index (χ3n) is 4.16. The lowest BCUT2D eigenvalue weighted by Crippen LogP contribution is -2.31. The van der Waals surface area contributed by atoms with Crippen molar-refractivity contribution in [2.24, 2.45) is 0 Å². The van der Waals surface area contributed by atoms with Gasteiger partial charge in [-0.25, -0.2) is 0 Å². The minimum absolute atomic E-state index is 0.0560. The van der Waals surface area contributed by atoms with Gasteiger partial charge in [0.25, 0.3) is 11.8 Å². The number of aliphatic hydroxyl groups is 1. The van der Waals surface area contributed by atoms with Crippen LogP contribution in [-0.4, -0.2) is 55.9 Å². The molecule has 1 aliphatic carbocycles. The lowest BCUT2D eigenvalue weighted by Gasteiger charge is -2.13. The average molecular weight is 372 g/mol. The van der Waals surface area contributed by atoms with Crippen LogP contribution < -0.4 is 15.4 Å². The van der Waals surface area contributed by atoms with Gasteiger partial charge in [0.15, 0.2) is 6.61 Å². The maximum absolute atomic E-state index is 12.6. The van der Waals surface area contributed by atoms with Crippen molar-refractivity contribution in [3.8, 4) is 5.75 Å². The van der Waals surface area contributed by atoms with E-state index in [2.05, 4.69) is 10.6 Å². The Balaban J connectivity index is 1.69. The number of carbonyl (C=O) groups excluding carboxylic acids is 2. The molecule has 2 aromatic carbocycles. The van der Waals surface area contributed by atoms with Crippen molar-refractivity contribution >= 4 is 22.6 Å². The lowest BCUT2D eigenvalue weighted by atomic mass is 10.1. The van der Waals surface area contributed by atoms with Gasteiger partial charge in [0.1, 0.15) is 5.75 Å². The van der Waals surface area contributed by atoms with Crippen LogP contribution in [0.5, 0.6) is 5.75 Å². The second kappa shape index (κ2) is 9.34. The van der Waals surface area contributed by atoms with Crippen molar-refractivity contribution in [1.82, 2.24) is 10.6 Å². The molecule has 1 fully saturated rings. The van der Waals surface area contributed by atoms with Crippen LogP contribution in [0.15, 0.2) is 36.4 Å². The van der Waals surface area contributed by atoms with Gasteiger partial charge in [0.05, 0.1) is 25.4 Å². The summed E-state index contributed by atoms with van der Waals surface area (Å²) in [5.74, 6) is -0.117. The van der Waals surface area contributed by atoms with Gasteiger partial charge in [-0.05, 0) is 35.7 Å². The van der Waals surface area contributed by atoms with Crippen LogP contribution in [0, 0.1) is 0 Å². The Hall–Kier alpha value is -2.64. The molecule has 0 heterocycles. The molecule has 144 valence electrons. The molecule has 0 spiro atoms. The molecule has 27 heavy (non-hydrogen) atoms. The highest BCUT2D eigenvalue weighted by molar-refractivity contribution is 6.01. The average Bonchev–Trinajstić information content (AvgIpc) is 3.49. The highest BCUT2D eigenvalue weighted by Gasteiger charge is 2.23. The first kappa shape index (κ1) is 19.1. The summed E-state index contributed by atoms with van der Waals surface area (Å²) in [7, 11) is 0. The van der Waals surface area contributed by atoms with E-state index in [4.69, 9.17) is 14.6 Å². The largest absolute Gasteiger partial charge is 0.483 e. The zero-order valence-electron chi connectivity index (χ0n) is 15.1. The number of rotatable bonds is 10. The number of benzene rings is 2. The maximum atomic E-state index is 12.6. The van der Waals surface area contributed by atoms with Crippen LogP contribution in [0.2, 0.25) is 0 Å². The second-order valence-corrected chi connectivity index (χ2v) is 6.42. The minimum atomic E-state index is -0.300. The summed E-state index contributed by atoms with van der Waals surface area (Å²) in [5.41, 5.74) is 0.370. The van der Waals surface area contributed by atoms with Crippen LogP contribution in [0.25, 0.3) is 10.8 Å². The van der Waals surface area contributed by atoms with Crippen molar-refractivity contribution in [3.63, 3.8) is 0 Å². The van der Waals surface area contributed by atoms with E-state index in [1.54, 1.807) is 12.1 Å². The van der Waals surface area contributed by atoms with E-state index in [-0.39, 0.29) is 37.7 Å². The Kier molecular flexibility index (Phi) is 6.62. The third kappa shape index (κ3) is 5.67. The van der Waals surface area contributed by atoms with Crippen molar-refractivity contribution in [3.05, 3.63) is 42.0 Å². The Labute approximate surface area is 157 Å².